The average molecular weight is 515 g/mol. The van der Waals surface area contributed by atoms with Crippen LogP contribution in [-0.4, -0.2) is 81.3 Å². The van der Waals surface area contributed by atoms with Gasteiger partial charge in [0.05, 0.1) is 12.1 Å². The Hall–Kier alpha value is -3.72. The number of hydrogen-bond donors (Lipinski definition) is 1. The first-order chi connectivity index (χ1) is 18.5. The number of rotatable bonds is 5. The van der Waals surface area contributed by atoms with E-state index in [1.54, 1.807) is 4.90 Å². The van der Waals surface area contributed by atoms with E-state index in [0.717, 1.165) is 66.2 Å². The van der Waals surface area contributed by atoms with E-state index in [9.17, 15) is 9.59 Å². The third kappa shape index (κ3) is 4.78. The van der Waals surface area contributed by atoms with E-state index in [0.29, 0.717) is 26.1 Å². The molecule has 1 N–H and O–H groups in total. The van der Waals surface area contributed by atoms with Gasteiger partial charge in [0, 0.05) is 49.9 Å². The predicted octanol–water partition coefficient (Wildman–Crippen LogP) is 3.53. The summed E-state index contributed by atoms with van der Waals surface area (Å²) >= 11 is 0. The molecule has 3 aromatic rings. The standard InChI is InChI=1S/C29H34N6O3/c1-2-38-28(37)33-16-11-22(12-17-33)24-6-5-15-35-26(24)31-25(32-35)18-21-7-9-23(10-8-21)27(36)34-19-29(20-34)13-3-4-14-30-29/h5-11,15,30H,2-4,12-14,16-20H2,1H3. The first-order valence-electron chi connectivity index (χ1n) is 13.6. The van der Waals surface area contributed by atoms with Crippen molar-refractivity contribution in [2.24, 2.45) is 0 Å². The molecule has 5 heterocycles. The average Bonchev–Trinajstić information content (AvgIpc) is 3.35. The molecule has 2 saturated heterocycles. The van der Waals surface area contributed by atoms with E-state index in [-0.39, 0.29) is 17.5 Å². The van der Waals surface area contributed by atoms with Gasteiger partial charge in [0.2, 0.25) is 0 Å². The lowest BCUT2D eigenvalue weighted by Crippen LogP contribution is -2.71. The van der Waals surface area contributed by atoms with E-state index in [4.69, 9.17) is 14.8 Å². The largest absolute Gasteiger partial charge is 0.450 e. The maximum atomic E-state index is 13.0. The Labute approximate surface area is 222 Å². The molecule has 0 aliphatic carbocycles. The van der Waals surface area contributed by atoms with Crippen molar-refractivity contribution < 1.29 is 14.3 Å². The third-order valence-electron chi connectivity index (χ3n) is 7.91. The zero-order valence-corrected chi connectivity index (χ0v) is 21.9. The van der Waals surface area contributed by atoms with Crippen molar-refractivity contribution in [1.82, 2.24) is 29.7 Å². The highest BCUT2D eigenvalue weighted by Gasteiger charge is 2.45. The molecule has 0 saturated carbocycles. The Kier molecular flexibility index (Phi) is 6.61. The highest BCUT2D eigenvalue weighted by atomic mass is 16.6. The summed E-state index contributed by atoms with van der Waals surface area (Å²) < 4.78 is 6.94. The summed E-state index contributed by atoms with van der Waals surface area (Å²) in [5, 5.41) is 8.32. The van der Waals surface area contributed by atoms with E-state index in [1.807, 2.05) is 52.9 Å². The number of fused-ring (bicyclic) bond motifs is 1. The molecule has 0 radical (unpaired) electrons. The van der Waals surface area contributed by atoms with Crippen LogP contribution in [0.15, 0.2) is 48.7 Å². The number of aromatic nitrogens is 3. The van der Waals surface area contributed by atoms with Crippen LogP contribution in [-0.2, 0) is 11.2 Å². The second kappa shape index (κ2) is 10.2. The number of carbonyl (C=O) groups is 2. The number of amides is 2. The fraction of sp³-hybridized carbons (Fsp3) is 0.448. The molecule has 3 aliphatic heterocycles. The lowest BCUT2D eigenvalue weighted by atomic mass is 9.81. The van der Waals surface area contributed by atoms with Crippen LogP contribution in [0.1, 0.15) is 59.9 Å². The maximum absolute atomic E-state index is 13.0. The number of nitrogens with one attached hydrogen (secondary N) is 1. The second-order valence-electron chi connectivity index (χ2n) is 10.5. The summed E-state index contributed by atoms with van der Waals surface area (Å²) in [5.74, 6) is 0.835. The lowest BCUT2D eigenvalue weighted by Gasteiger charge is -2.52. The zero-order chi connectivity index (χ0) is 26.1. The molecule has 1 spiro atoms. The van der Waals surface area contributed by atoms with Crippen LogP contribution >= 0.6 is 0 Å². The van der Waals surface area contributed by atoms with Gasteiger partial charge in [0.25, 0.3) is 5.91 Å². The van der Waals surface area contributed by atoms with Gasteiger partial charge in [-0.25, -0.2) is 14.3 Å². The minimum atomic E-state index is -0.270. The predicted molar refractivity (Wildman–Crippen MR) is 144 cm³/mol. The molecule has 2 aromatic heterocycles. The quantitative estimate of drug-likeness (QED) is 0.560. The van der Waals surface area contributed by atoms with Gasteiger partial charge in [-0.1, -0.05) is 24.6 Å². The van der Waals surface area contributed by atoms with Gasteiger partial charge in [-0.2, -0.15) is 5.10 Å². The van der Waals surface area contributed by atoms with Crippen LogP contribution in [0.2, 0.25) is 0 Å². The number of hydrogen-bond acceptors (Lipinski definition) is 6. The van der Waals surface area contributed by atoms with Crippen molar-refractivity contribution in [3.8, 4) is 0 Å². The fourth-order valence-electron chi connectivity index (χ4n) is 5.83. The molecule has 2 amide bonds. The molecule has 9 heteroatoms. The molecular weight excluding hydrogens is 480 g/mol. The van der Waals surface area contributed by atoms with Gasteiger partial charge in [0.1, 0.15) is 0 Å². The Morgan fingerprint density at radius 2 is 1.95 bits per heavy atom. The van der Waals surface area contributed by atoms with E-state index in [1.165, 1.54) is 12.8 Å². The van der Waals surface area contributed by atoms with Crippen LogP contribution in [0.5, 0.6) is 0 Å². The molecule has 38 heavy (non-hydrogen) atoms. The summed E-state index contributed by atoms with van der Waals surface area (Å²) in [5.41, 5.74) is 4.95. The van der Waals surface area contributed by atoms with Gasteiger partial charge in [0.15, 0.2) is 11.5 Å². The number of carbonyl (C=O) groups excluding carboxylic acids is 2. The zero-order valence-electron chi connectivity index (χ0n) is 21.9. The SMILES string of the molecule is CCOC(=O)N1CC=C(c2cccn3nc(Cc4ccc(C(=O)N5CC6(CCCCN6)C5)cc4)nc23)CC1. The molecular formula is C29H34N6O3. The lowest BCUT2D eigenvalue weighted by molar-refractivity contribution is 0.0190. The number of ether oxygens (including phenoxy) is 1. The first kappa shape index (κ1) is 24.6. The Bertz CT molecular complexity index is 1360. The number of pyridine rings is 1. The van der Waals surface area contributed by atoms with Gasteiger partial charge >= 0.3 is 6.09 Å². The molecule has 2 fully saturated rings. The summed E-state index contributed by atoms with van der Waals surface area (Å²) in [6.45, 7) is 6.00. The Morgan fingerprint density at radius 1 is 1.11 bits per heavy atom. The van der Waals surface area contributed by atoms with Crippen LogP contribution in [0.25, 0.3) is 11.2 Å². The highest BCUT2D eigenvalue weighted by molar-refractivity contribution is 5.95. The van der Waals surface area contributed by atoms with E-state index < -0.39 is 0 Å². The molecule has 0 unspecified atom stereocenters. The van der Waals surface area contributed by atoms with Gasteiger partial charge in [-0.05, 0) is 68.1 Å². The maximum Gasteiger partial charge on any atom is 0.410 e. The van der Waals surface area contributed by atoms with Crippen molar-refractivity contribution in [2.45, 2.75) is 44.6 Å². The molecule has 1 aromatic carbocycles. The second-order valence-corrected chi connectivity index (χ2v) is 10.5. The van der Waals surface area contributed by atoms with Crippen molar-refractivity contribution in [3.63, 3.8) is 0 Å². The Balaban J connectivity index is 1.12. The van der Waals surface area contributed by atoms with Crippen molar-refractivity contribution in [3.05, 3.63) is 71.2 Å². The number of piperidine rings is 1. The van der Waals surface area contributed by atoms with E-state index in [2.05, 4.69) is 17.5 Å². The smallest absolute Gasteiger partial charge is 0.410 e. The minimum absolute atomic E-state index is 0.104. The summed E-state index contributed by atoms with van der Waals surface area (Å²) in [7, 11) is 0. The number of likely N-dealkylation sites (tertiary alicyclic amines) is 1. The summed E-state index contributed by atoms with van der Waals surface area (Å²) in [6, 6.07) is 11.9. The molecule has 9 nitrogen and oxygen atoms in total. The van der Waals surface area contributed by atoms with Crippen molar-refractivity contribution >= 4 is 23.2 Å². The van der Waals surface area contributed by atoms with Crippen LogP contribution in [0.3, 0.4) is 0 Å². The van der Waals surface area contributed by atoms with Crippen LogP contribution in [0, 0.1) is 0 Å². The summed E-state index contributed by atoms with van der Waals surface area (Å²) in [4.78, 5) is 33.5. The van der Waals surface area contributed by atoms with Crippen LogP contribution < -0.4 is 5.32 Å². The Morgan fingerprint density at radius 3 is 2.66 bits per heavy atom. The highest BCUT2D eigenvalue weighted by Crippen LogP contribution is 2.31. The molecule has 3 aliphatic rings. The normalized spacial score (nSPS) is 18.8. The third-order valence-corrected chi connectivity index (χ3v) is 7.91. The first-order valence-corrected chi connectivity index (χ1v) is 13.6. The van der Waals surface area contributed by atoms with Crippen LogP contribution in [0.4, 0.5) is 4.79 Å². The molecule has 6 rings (SSSR count). The number of benzene rings is 1. The molecule has 0 atom stereocenters. The van der Waals surface area contributed by atoms with Crippen molar-refractivity contribution in [2.75, 3.05) is 39.3 Å². The monoisotopic (exact) mass is 514 g/mol. The number of nitrogens with zero attached hydrogens (tertiary/aromatic N) is 5. The van der Waals surface area contributed by atoms with E-state index >= 15 is 0 Å². The molecule has 198 valence electrons. The van der Waals surface area contributed by atoms with Gasteiger partial charge in [-0.3, -0.25) is 4.79 Å². The topological polar surface area (TPSA) is 92.1 Å². The summed E-state index contributed by atoms with van der Waals surface area (Å²) in [6.07, 6.45) is 8.67. The minimum Gasteiger partial charge on any atom is -0.450 e. The van der Waals surface area contributed by atoms with Crippen molar-refractivity contribution in [1.29, 1.82) is 0 Å². The van der Waals surface area contributed by atoms with Gasteiger partial charge < -0.3 is 19.9 Å². The fourth-order valence-corrected chi connectivity index (χ4v) is 5.83. The van der Waals surface area contributed by atoms with Gasteiger partial charge in [-0.15, -0.1) is 0 Å². The molecule has 0 bridgehead atoms.